The van der Waals surface area contributed by atoms with Gasteiger partial charge in [0.05, 0.1) is 4.88 Å². The minimum Gasteiger partial charge on any atom is -0.451 e. The Kier molecular flexibility index (Phi) is 5.69. The lowest BCUT2D eigenvalue weighted by Gasteiger charge is -2.16. The van der Waals surface area contributed by atoms with Gasteiger partial charge in [0.2, 0.25) is 0 Å². The number of aryl methyl sites for hydroxylation is 1. The van der Waals surface area contributed by atoms with E-state index in [0.29, 0.717) is 10.6 Å². The van der Waals surface area contributed by atoms with E-state index in [1.165, 1.54) is 31.3 Å². The molecule has 2 N–H and O–H groups in total. The molecule has 0 fully saturated rings. The van der Waals surface area contributed by atoms with Crippen molar-refractivity contribution in [2.75, 3.05) is 5.32 Å². The topological polar surface area (TPSA) is 111 Å². The van der Waals surface area contributed by atoms with Crippen molar-refractivity contribution < 1.29 is 23.6 Å². The highest BCUT2D eigenvalue weighted by molar-refractivity contribution is 7.12. The van der Waals surface area contributed by atoms with Gasteiger partial charge in [0, 0.05) is 6.07 Å². The number of nitrogens with zero attached hydrogens (tertiary/aromatic N) is 1. The zero-order valence-corrected chi connectivity index (χ0v) is 14.2. The maximum atomic E-state index is 12.0. The van der Waals surface area contributed by atoms with Gasteiger partial charge in [0.1, 0.15) is 11.8 Å². The van der Waals surface area contributed by atoms with Gasteiger partial charge in [-0.05, 0) is 32.2 Å². The summed E-state index contributed by atoms with van der Waals surface area (Å²) in [6.45, 7) is 4.59. The molecule has 2 heterocycles. The first-order valence-corrected chi connectivity index (χ1v) is 8.04. The highest BCUT2D eigenvalue weighted by atomic mass is 32.1. The van der Waals surface area contributed by atoms with Crippen LogP contribution in [-0.4, -0.2) is 35.1 Å². The molecule has 2 atom stereocenters. The Labute approximate surface area is 142 Å². The van der Waals surface area contributed by atoms with E-state index in [0.717, 1.165) is 0 Å². The van der Waals surface area contributed by atoms with Gasteiger partial charge in [-0.3, -0.25) is 9.59 Å². The summed E-state index contributed by atoms with van der Waals surface area (Å²) in [6, 6.07) is 4.04. The van der Waals surface area contributed by atoms with Crippen molar-refractivity contribution in [1.82, 2.24) is 10.5 Å². The molecular formula is C15H17N3O5S. The Bertz CT molecular complexity index is 725. The normalized spacial score (nSPS) is 13.0. The first kappa shape index (κ1) is 17.7. The van der Waals surface area contributed by atoms with E-state index in [4.69, 9.17) is 9.26 Å². The number of nitrogens with one attached hydrogen (secondary N) is 2. The summed E-state index contributed by atoms with van der Waals surface area (Å²) in [5.74, 6) is -0.851. The van der Waals surface area contributed by atoms with Crippen LogP contribution in [0.1, 0.15) is 29.3 Å². The smallest absolute Gasteiger partial charge is 0.329 e. The molecule has 0 saturated carbocycles. The molecule has 8 nitrogen and oxygen atoms in total. The molecule has 0 aliphatic carbocycles. The molecule has 2 unspecified atom stereocenters. The summed E-state index contributed by atoms with van der Waals surface area (Å²) >= 11 is 1.26. The van der Waals surface area contributed by atoms with Crippen LogP contribution in [-0.2, 0) is 14.3 Å². The molecule has 0 aliphatic heterocycles. The third-order valence-electron chi connectivity index (χ3n) is 2.99. The van der Waals surface area contributed by atoms with Crippen molar-refractivity contribution in [1.29, 1.82) is 0 Å². The Balaban J connectivity index is 1.83. The van der Waals surface area contributed by atoms with E-state index in [9.17, 15) is 14.4 Å². The van der Waals surface area contributed by atoms with Crippen molar-refractivity contribution in [2.45, 2.75) is 32.9 Å². The summed E-state index contributed by atoms with van der Waals surface area (Å²) in [5, 5.41) is 10.4. The van der Waals surface area contributed by atoms with Crippen LogP contribution in [0.3, 0.4) is 0 Å². The number of aromatic nitrogens is 1. The van der Waals surface area contributed by atoms with Gasteiger partial charge in [-0.1, -0.05) is 11.2 Å². The number of thiophene rings is 1. The minimum absolute atomic E-state index is 0.236. The maximum Gasteiger partial charge on any atom is 0.329 e. The predicted octanol–water partition coefficient (Wildman–Crippen LogP) is 1.73. The molecule has 0 radical (unpaired) electrons. The van der Waals surface area contributed by atoms with E-state index in [2.05, 4.69) is 15.8 Å². The predicted molar refractivity (Wildman–Crippen MR) is 86.7 cm³/mol. The number of esters is 1. The number of rotatable bonds is 6. The second-order valence-corrected chi connectivity index (χ2v) is 6.01. The molecule has 0 aliphatic rings. The SMILES string of the molecule is Cc1cc(NC(=O)C(C)OC(=O)C(C)NC(=O)c2cccs2)no1. The Morgan fingerprint density at radius 1 is 1.33 bits per heavy atom. The lowest BCUT2D eigenvalue weighted by atomic mass is 10.3. The van der Waals surface area contributed by atoms with Crippen molar-refractivity contribution >= 4 is 34.9 Å². The summed E-state index contributed by atoms with van der Waals surface area (Å²) in [7, 11) is 0. The Morgan fingerprint density at radius 2 is 2.08 bits per heavy atom. The zero-order valence-electron chi connectivity index (χ0n) is 13.4. The van der Waals surface area contributed by atoms with E-state index in [1.807, 2.05) is 0 Å². The zero-order chi connectivity index (χ0) is 17.7. The average Bonchev–Trinajstić information content (AvgIpc) is 3.18. The van der Waals surface area contributed by atoms with Crippen molar-refractivity contribution in [3.63, 3.8) is 0 Å². The van der Waals surface area contributed by atoms with E-state index < -0.39 is 24.0 Å². The molecule has 0 bridgehead atoms. The molecule has 2 aromatic heterocycles. The second kappa shape index (κ2) is 7.73. The molecule has 9 heteroatoms. The van der Waals surface area contributed by atoms with Crippen LogP contribution in [0.25, 0.3) is 0 Å². The monoisotopic (exact) mass is 351 g/mol. The number of carbonyl (C=O) groups excluding carboxylic acids is 3. The van der Waals surface area contributed by atoms with Crippen LogP contribution in [0.4, 0.5) is 5.82 Å². The van der Waals surface area contributed by atoms with Crippen LogP contribution in [0.2, 0.25) is 0 Å². The van der Waals surface area contributed by atoms with Crippen LogP contribution in [0, 0.1) is 6.92 Å². The van der Waals surface area contributed by atoms with E-state index >= 15 is 0 Å². The Hall–Kier alpha value is -2.68. The summed E-state index contributed by atoms with van der Waals surface area (Å²) in [5.41, 5.74) is 0. The average molecular weight is 351 g/mol. The second-order valence-electron chi connectivity index (χ2n) is 5.06. The molecule has 24 heavy (non-hydrogen) atoms. The lowest BCUT2D eigenvalue weighted by molar-refractivity contribution is -0.154. The number of anilines is 1. The number of amides is 2. The third kappa shape index (κ3) is 4.66. The van der Waals surface area contributed by atoms with Crippen LogP contribution >= 0.6 is 11.3 Å². The van der Waals surface area contributed by atoms with Crippen LogP contribution in [0.5, 0.6) is 0 Å². The summed E-state index contributed by atoms with van der Waals surface area (Å²) in [4.78, 5) is 36.3. The number of carbonyl (C=O) groups is 3. The molecule has 2 rings (SSSR count). The van der Waals surface area contributed by atoms with Crippen molar-refractivity contribution in [3.8, 4) is 0 Å². The van der Waals surface area contributed by atoms with Gasteiger partial charge in [0.25, 0.3) is 11.8 Å². The fourth-order valence-corrected chi connectivity index (χ4v) is 2.34. The molecule has 0 aromatic carbocycles. The van der Waals surface area contributed by atoms with Crippen LogP contribution < -0.4 is 10.6 Å². The maximum absolute atomic E-state index is 12.0. The van der Waals surface area contributed by atoms with Gasteiger partial charge in [0.15, 0.2) is 11.9 Å². The molecule has 128 valence electrons. The number of hydrogen-bond donors (Lipinski definition) is 2. The van der Waals surface area contributed by atoms with Gasteiger partial charge in [-0.2, -0.15) is 0 Å². The highest BCUT2D eigenvalue weighted by Gasteiger charge is 2.24. The standard InChI is InChI=1S/C15H17N3O5S/c1-8-7-12(18-23-8)17-13(19)10(3)22-15(21)9(2)16-14(20)11-5-4-6-24-11/h4-7,9-10H,1-3H3,(H,16,20)(H,17,18,19). The summed E-state index contributed by atoms with van der Waals surface area (Å²) < 4.78 is 9.88. The molecule has 0 spiro atoms. The van der Waals surface area contributed by atoms with Gasteiger partial charge >= 0.3 is 5.97 Å². The number of ether oxygens (including phenoxy) is 1. The fraction of sp³-hybridized carbons (Fsp3) is 0.333. The molecular weight excluding hydrogens is 334 g/mol. The highest BCUT2D eigenvalue weighted by Crippen LogP contribution is 2.10. The first-order valence-electron chi connectivity index (χ1n) is 7.16. The van der Waals surface area contributed by atoms with Crippen LogP contribution in [0.15, 0.2) is 28.1 Å². The fourth-order valence-electron chi connectivity index (χ4n) is 1.72. The van der Waals surface area contributed by atoms with Gasteiger partial charge < -0.3 is 19.9 Å². The number of hydrogen-bond acceptors (Lipinski definition) is 7. The minimum atomic E-state index is -1.05. The molecule has 2 aromatic rings. The largest absolute Gasteiger partial charge is 0.451 e. The first-order chi connectivity index (χ1) is 11.4. The van der Waals surface area contributed by atoms with E-state index in [1.54, 1.807) is 24.4 Å². The van der Waals surface area contributed by atoms with Gasteiger partial charge in [-0.15, -0.1) is 11.3 Å². The van der Waals surface area contributed by atoms with Gasteiger partial charge in [-0.25, -0.2) is 4.79 Å². The molecule has 2 amide bonds. The lowest BCUT2D eigenvalue weighted by Crippen LogP contribution is -2.42. The summed E-state index contributed by atoms with van der Waals surface area (Å²) in [6.07, 6.45) is -1.05. The van der Waals surface area contributed by atoms with E-state index in [-0.39, 0.29) is 11.7 Å². The molecule has 0 saturated heterocycles. The van der Waals surface area contributed by atoms with Crippen molar-refractivity contribution in [2.24, 2.45) is 0 Å². The third-order valence-corrected chi connectivity index (χ3v) is 3.86. The van der Waals surface area contributed by atoms with Crippen molar-refractivity contribution in [3.05, 3.63) is 34.2 Å². The Morgan fingerprint density at radius 3 is 2.67 bits per heavy atom. The quantitative estimate of drug-likeness (QED) is 0.767.